The second kappa shape index (κ2) is 52.2. The van der Waals surface area contributed by atoms with E-state index in [0.29, 0.717) is 19.4 Å². The van der Waals surface area contributed by atoms with E-state index in [4.69, 9.17) is 14.2 Å². The predicted molar refractivity (Wildman–Crippen MR) is 270 cm³/mol. The van der Waals surface area contributed by atoms with Gasteiger partial charge in [-0.1, -0.05) is 208 Å². The van der Waals surface area contributed by atoms with Gasteiger partial charge in [0.1, 0.15) is 6.61 Å². The van der Waals surface area contributed by atoms with Crippen molar-refractivity contribution in [2.24, 2.45) is 0 Å². The highest BCUT2D eigenvalue weighted by molar-refractivity contribution is 5.70. The number of unbranched alkanes of at least 4 members (excludes halogenated alkanes) is 19. The predicted octanol–water partition coefficient (Wildman–Crippen LogP) is 17.5. The monoisotopic (exact) mass is 861 g/mol. The van der Waals surface area contributed by atoms with E-state index in [1.165, 1.54) is 89.9 Å². The highest BCUT2D eigenvalue weighted by Gasteiger charge is 2.17. The first-order valence-corrected chi connectivity index (χ1v) is 25.8. The maximum absolute atomic E-state index is 12.7. The zero-order chi connectivity index (χ0) is 44.9. The van der Waals surface area contributed by atoms with Crippen molar-refractivity contribution in [3.8, 4) is 0 Å². The molecular weight excluding hydrogens is 765 g/mol. The third-order valence-electron chi connectivity index (χ3n) is 10.6. The molecule has 0 aromatic carbocycles. The second-order valence-corrected chi connectivity index (χ2v) is 16.7. The minimum Gasteiger partial charge on any atom is -0.462 e. The molecule has 0 heterocycles. The zero-order valence-corrected chi connectivity index (χ0v) is 40.6. The van der Waals surface area contributed by atoms with Crippen molar-refractivity contribution in [2.75, 3.05) is 19.8 Å². The van der Waals surface area contributed by atoms with Crippen molar-refractivity contribution in [2.45, 2.75) is 232 Å². The van der Waals surface area contributed by atoms with E-state index in [0.717, 1.165) is 103 Å². The summed E-state index contributed by atoms with van der Waals surface area (Å²) in [5.41, 5.74) is 0. The van der Waals surface area contributed by atoms with Gasteiger partial charge >= 0.3 is 11.9 Å². The summed E-state index contributed by atoms with van der Waals surface area (Å²) in [6.07, 6.45) is 70.0. The Balaban J connectivity index is 4.21. The fraction of sp³-hybridized carbons (Fsp3) is 0.684. The molecular formula is C57H96O5. The van der Waals surface area contributed by atoms with Gasteiger partial charge in [-0.05, 0) is 103 Å². The fourth-order valence-electron chi connectivity index (χ4n) is 6.78. The summed E-state index contributed by atoms with van der Waals surface area (Å²) >= 11 is 0. The Morgan fingerprint density at radius 2 is 0.726 bits per heavy atom. The summed E-state index contributed by atoms with van der Waals surface area (Å²) < 4.78 is 17.3. The van der Waals surface area contributed by atoms with Crippen LogP contribution in [0.2, 0.25) is 0 Å². The maximum Gasteiger partial charge on any atom is 0.306 e. The number of carbonyl (C=O) groups excluding carboxylic acids is 2. The van der Waals surface area contributed by atoms with Crippen molar-refractivity contribution in [3.63, 3.8) is 0 Å². The van der Waals surface area contributed by atoms with Crippen LogP contribution in [0, 0.1) is 0 Å². The number of rotatable bonds is 46. The average molecular weight is 861 g/mol. The van der Waals surface area contributed by atoms with Crippen molar-refractivity contribution in [3.05, 3.63) is 97.2 Å². The highest BCUT2D eigenvalue weighted by atomic mass is 16.6. The number of hydrogen-bond donors (Lipinski definition) is 0. The van der Waals surface area contributed by atoms with Gasteiger partial charge in [-0.2, -0.15) is 0 Å². The molecule has 5 heteroatoms. The van der Waals surface area contributed by atoms with Gasteiger partial charge in [0.05, 0.1) is 6.61 Å². The van der Waals surface area contributed by atoms with E-state index in [2.05, 4.69) is 118 Å². The minimum absolute atomic E-state index is 0.0599. The first kappa shape index (κ1) is 58.8. The molecule has 0 aromatic heterocycles. The lowest BCUT2D eigenvalue weighted by atomic mass is 10.1. The Bertz CT molecular complexity index is 1200. The van der Waals surface area contributed by atoms with E-state index in [1.807, 2.05) is 0 Å². The van der Waals surface area contributed by atoms with Crippen LogP contribution in [0.1, 0.15) is 226 Å². The molecule has 354 valence electrons. The van der Waals surface area contributed by atoms with E-state index < -0.39 is 6.10 Å². The van der Waals surface area contributed by atoms with Crippen molar-refractivity contribution in [1.29, 1.82) is 0 Å². The summed E-state index contributed by atoms with van der Waals surface area (Å²) in [6.45, 7) is 7.59. The summed E-state index contributed by atoms with van der Waals surface area (Å²) in [7, 11) is 0. The Morgan fingerprint density at radius 1 is 0.371 bits per heavy atom. The van der Waals surface area contributed by atoms with Gasteiger partial charge in [-0.25, -0.2) is 0 Å². The number of allylic oxidation sites excluding steroid dienone is 16. The molecule has 0 radical (unpaired) electrons. The summed E-state index contributed by atoms with van der Waals surface area (Å²) in [5.74, 6) is -0.449. The molecule has 0 spiro atoms. The summed E-state index contributed by atoms with van der Waals surface area (Å²) in [5, 5.41) is 0. The lowest BCUT2D eigenvalue weighted by molar-refractivity contribution is -0.163. The molecule has 0 rings (SSSR count). The quantitative estimate of drug-likeness (QED) is 0.0347. The van der Waals surface area contributed by atoms with Crippen molar-refractivity contribution in [1.82, 2.24) is 0 Å². The Labute approximate surface area is 383 Å². The third-order valence-corrected chi connectivity index (χ3v) is 10.6. The lowest BCUT2D eigenvalue weighted by Gasteiger charge is -2.18. The van der Waals surface area contributed by atoms with Gasteiger partial charge in [0.25, 0.3) is 0 Å². The molecule has 0 fully saturated rings. The SMILES string of the molecule is CC/C=C\C/C=C\C/C=C\C/C=C\C/C=C\CCCCCC(=O)OCC(COCCCCCCCCC/C=C\C/C=C\C/C=C\CCCCC)OC(=O)CCCCCCCCC. The molecule has 1 atom stereocenters. The van der Waals surface area contributed by atoms with Gasteiger partial charge in [0, 0.05) is 19.4 Å². The minimum atomic E-state index is -0.557. The Hall–Kier alpha value is -3.18. The molecule has 0 aromatic rings. The topological polar surface area (TPSA) is 61.8 Å². The average Bonchev–Trinajstić information content (AvgIpc) is 3.27. The van der Waals surface area contributed by atoms with Crippen molar-refractivity contribution >= 4 is 11.9 Å². The standard InChI is InChI=1S/C57H96O5/c1-4-7-10-13-16-18-20-22-24-26-28-30-32-34-36-38-40-43-46-49-52-60-53-55(62-57(59)51-48-45-41-15-12-9-6-3)54-61-56(58)50-47-44-42-39-37-35-33-31-29-27-25-23-21-19-17-14-11-8-5-2/h8,11,16-19,22-25,28-31,35,37,55H,4-7,9-10,12-15,20-21,26-27,32-34,36,38-54H2,1-3H3/b11-8-,18-16-,19-17-,24-22-,25-23-,30-28-,31-29-,37-35-. The molecule has 0 bridgehead atoms. The normalized spacial score (nSPS) is 13.0. The molecule has 0 amide bonds. The highest BCUT2D eigenvalue weighted by Crippen LogP contribution is 2.13. The van der Waals surface area contributed by atoms with Gasteiger partial charge in [-0.15, -0.1) is 0 Å². The molecule has 0 saturated carbocycles. The number of carbonyl (C=O) groups is 2. The van der Waals surface area contributed by atoms with Gasteiger partial charge in [-0.3, -0.25) is 9.59 Å². The van der Waals surface area contributed by atoms with Crippen LogP contribution in [0.3, 0.4) is 0 Å². The van der Waals surface area contributed by atoms with Crippen LogP contribution in [-0.4, -0.2) is 37.9 Å². The molecule has 0 aliphatic carbocycles. The first-order valence-electron chi connectivity index (χ1n) is 25.8. The molecule has 62 heavy (non-hydrogen) atoms. The molecule has 5 nitrogen and oxygen atoms in total. The van der Waals surface area contributed by atoms with Gasteiger partial charge < -0.3 is 14.2 Å². The number of ether oxygens (including phenoxy) is 3. The number of hydrogen-bond acceptors (Lipinski definition) is 5. The molecule has 1 unspecified atom stereocenters. The van der Waals surface area contributed by atoms with Crippen LogP contribution in [-0.2, 0) is 23.8 Å². The van der Waals surface area contributed by atoms with Crippen LogP contribution in [0.4, 0.5) is 0 Å². The molecule has 0 N–H and O–H groups in total. The van der Waals surface area contributed by atoms with Crippen LogP contribution in [0.25, 0.3) is 0 Å². The Morgan fingerprint density at radius 3 is 1.21 bits per heavy atom. The summed E-state index contributed by atoms with van der Waals surface area (Å²) in [6, 6.07) is 0. The van der Waals surface area contributed by atoms with Crippen LogP contribution >= 0.6 is 0 Å². The largest absolute Gasteiger partial charge is 0.462 e. The van der Waals surface area contributed by atoms with Crippen LogP contribution < -0.4 is 0 Å². The van der Waals surface area contributed by atoms with Crippen LogP contribution in [0.15, 0.2) is 97.2 Å². The Kier molecular flexibility index (Phi) is 49.5. The smallest absolute Gasteiger partial charge is 0.306 e. The van der Waals surface area contributed by atoms with E-state index in [9.17, 15) is 9.59 Å². The first-order chi connectivity index (χ1) is 30.6. The molecule has 0 saturated heterocycles. The lowest BCUT2D eigenvalue weighted by Crippen LogP contribution is -2.30. The molecule has 0 aliphatic rings. The third kappa shape index (κ3) is 49.5. The maximum atomic E-state index is 12.7. The fourth-order valence-corrected chi connectivity index (χ4v) is 6.78. The van der Waals surface area contributed by atoms with Gasteiger partial charge in [0.2, 0.25) is 0 Å². The second-order valence-electron chi connectivity index (χ2n) is 16.7. The van der Waals surface area contributed by atoms with E-state index in [1.54, 1.807) is 0 Å². The number of esters is 2. The molecule has 0 aliphatic heterocycles. The zero-order valence-electron chi connectivity index (χ0n) is 40.6. The van der Waals surface area contributed by atoms with E-state index >= 15 is 0 Å². The van der Waals surface area contributed by atoms with Crippen LogP contribution in [0.5, 0.6) is 0 Å². The van der Waals surface area contributed by atoms with Gasteiger partial charge in [0.15, 0.2) is 6.10 Å². The summed E-state index contributed by atoms with van der Waals surface area (Å²) in [4.78, 5) is 25.2. The van der Waals surface area contributed by atoms with Crippen molar-refractivity contribution < 1.29 is 23.8 Å². The van der Waals surface area contributed by atoms with E-state index in [-0.39, 0.29) is 25.2 Å².